The van der Waals surface area contributed by atoms with Gasteiger partial charge in [-0.25, -0.2) is 0 Å². The zero-order valence-corrected chi connectivity index (χ0v) is 11.0. The first-order valence-electron chi connectivity index (χ1n) is 7.41. The number of carbonyl (C=O) groups excluding carboxylic acids is 1. The van der Waals surface area contributed by atoms with Crippen LogP contribution < -0.4 is 5.32 Å². The average Bonchev–Trinajstić information content (AvgIpc) is 2.90. The minimum atomic E-state index is -0.516. The largest absolute Gasteiger partial charge is 0.389 e. The van der Waals surface area contributed by atoms with Gasteiger partial charge in [0.05, 0.1) is 5.60 Å². The molecule has 4 heteroatoms. The number of nitrogens with one attached hydrogen (secondary N) is 1. The van der Waals surface area contributed by atoms with Crippen LogP contribution in [0.1, 0.15) is 38.5 Å². The number of nitrogens with zero attached hydrogens (tertiary/aromatic N) is 1. The van der Waals surface area contributed by atoms with Gasteiger partial charge >= 0.3 is 0 Å². The van der Waals surface area contributed by atoms with E-state index in [0.29, 0.717) is 5.91 Å². The highest BCUT2D eigenvalue weighted by Gasteiger charge is 2.44. The zero-order valence-electron chi connectivity index (χ0n) is 11.0. The third-order valence-electron chi connectivity index (χ3n) is 5.16. The Hall–Kier alpha value is -0.610. The van der Waals surface area contributed by atoms with E-state index in [4.69, 9.17) is 0 Å². The molecule has 2 N–H and O–H groups in total. The quantitative estimate of drug-likeness (QED) is 0.724. The SMILES string of the molecule is O=C(C1CCCC1)N1CC[C@]2(O)CCNC[C@@H]2C1. The molecule has 2 saturated heterocycles. The molecule has 1 aliphatic carbocycles. The van der Waals surface area contributed by atoms with Crippen LogP contribution in [0.15, 0.2) is 0 Å². The number of likely N-dealkylation sites (tertiary alicyclic amines) is 1. The molecule has 0 bridgehead atoms. The normalized spacial score (nSPS) is 37.6. The van der Waals surface area contributed by atoms with Gasteiger partial charge in [0.1, 0.15) is 0 Å². The van der Waals surface area contributed by atoms with Crippen LogP contribution in [0.4, 0.5) is 0 Å². The molecule has 3 aliphatic rings. The number of hydrogen-bond acceptors (Lipinski definition) is 3. The van der Waals surface area contributed by atoms with Crippen molar-refractivity contribution in [2.75, 3.05) is 26.2 Å². The van der Waals surface area contributed by atoms with Crippen LogP contribution in [0, 0.1) is 11.8 Å². The van der Waals surface area contributed by atoms with Crippen LogP contribution in [0.2, 0.25) is 0 Å². The molecule has 1 amide bonds. The molecule has 3 rings (SSSR count). The summed E-state index contributed by atoms with van der Waals surface area (Å²) in [5.74, 6) is 0.846. The summed E-state index contributed by atoms with van der Waals surface area (Å²) in [6, 6.07) is 0. The lowest BCUT2D eigenvalue weighted by atomic mass is 9.76. The molecule has 3 fully saturated rings. The van der Waals surface area contributed by atoms with Crippen LogP contribution in [0.3, 0.4) is 0 Å². The van der Waals surface area contributed by atoms with Crippen molar-refractivity contribution in [2.45, 2.75) is 44.1 Å². The molecule has 0 unspecified atom stereocenters. The van der Waals surface area contributed by atoms with Gasteiger partial charge < -0.3 is 15.3 Å². The highest BCUT2D eigenvalue weighted by atomic mass is 16.3. The zero-order chi connectivity index (χ0) is 12.6. The molecule has 0 aromatic carbocycles. The Balaban J connectivity index is 1.64. The molecule has 0 radical (unpaired) electrons. The fourth-order valence-electron chi connectivity index (χ4n) is 3.86. The van der Waals surface area contributed by atoms with Crippen molar-refractivity contribution in [3.8, 4) is 0 Å². The summed E-state index contributed by atoms with van der Waals surface area (Å²) in [6.07, 6.45) is 6.16. The topological polar surface area (TPSA) is 52.6 Å². The summed E-state index contributed by atoms with van der Waals surface area (Å²) in [6.45, 7) is 3.26. The van der Waals surface area contributed by atoms with E-state index in [0.717, 1.165) is 51.9 Å². The van der Waals surface area contributed by atoms with Crippen molar-refractivity contribution in [3.05, 3.63) is 0 Å². The maximum atomic E-state index is 12.4. The third kappa shape index (κ3) is 2.16. The Morgan fingerprint density at radius 1 is 1.28 bits per heavy atom. The highest BCUT2D eigenvalue weighted by molar-refractivity contribution is 5.79. The van der Waals surface area contributed by atoms with Crippen molar-refractivity contribution < 1.29 is 9.90 Å². The van der Waals surface area contributed by atoms with E-state index in [2.05, 4.69) is 5.32 Å². The monoisotopic (exact) mass is 252 g/mol. The van der Waals surface area contributed by atoms with Crippen LogP contribution in [-0.2, 0) is 4.79 Å². The predicted molar refractivity (Wildman–Crippen MR) is 69.1 cm³/mol. The van der Waals surface area contributed by atoms with Gasteiger partial charge in [0.2, 0.25) is 5.91 Å². The molecule has 0 aromatic heterocycles. The first kappa shape index (κ1) is 12.4. The lowest BCUT2D eigenvalue weighted by Gasteiger charge is -2.48. The molecule has 2 heterocycles. The predicted octanol–water partition coefficient (Wildman–Crippen LogP) is 0.749. The average molecular weight is 252 g/mol. The van der Waals surface area contributed by atoms with E-state index in [1.165, 1.54) is 12.8 Å². The van der Waals surface area contributed by atoms with Gasteiger partial charge in [0.25, 0.3) is 0 Å². The third-order valence-corrected chi connectivity index (χ3v) is 5.16. The molecular formula is C14H24N2O2. The molecule has 0 aromatic rings. The van der Waals surface area contributed by atoms with E-state index in [1.807, 2.05) is 4.90 Å². The van der Waals surface area contributed by atoms with Gasteiger partial charge in [-0.05, 0) is 32.2 Å². The first-order valence-corrected chi connectivity index (χ1v) is 7.41. The molecule has 4 nitrogen and oxygen atoms in total. The van der Waals surface area contributed by atoms with Crippen molar-refractivity contribution >= 4 is 5.91 Å². The number of fused-ring (bicyclic) bond motifs is 1. The smallest absolute Gasteiger partial charge is 0.225 e. The standard InChI is InChI=1S/C14H24N2O2/c17-13(11-3-1-2-4-11)16-8-6-14(18)5-7-15-9-12(14)10-16/h11-12,15,18H,1-10H2/t12-,14-/m1/s1. The lowest BCUT2D eigenvalue weighted by molar-refractivity contribution is -0.146. The Bertz CT molecular complexity index is 328. The lowest BCUT2D eigenvalue weighted by Crippen LogP contribution is -2.60. The molecule has 2 aliphatic heterocycles. The second-order valence-corrected chi connectivity index (χ2v) is 6.27. The van der Waals surface area contributed by atoms with Crippen LogP contribution in [-0.4, -0.2) is 47.7 Å². The summed E-state index contributed by atoms with van der Waals surface area (Å²) in [5, 5.41) is 13.9. The van der Waals surface area contributed by atoms with Crippen molar-refractivity contribution in [3.63, 3.8) is 0 Å². The maximum Gasteiger partial charge on any atom is 0.225 e. The Labute approximate surface area is 109 Å². The van der Waals surface area contributed by atoms with Gasteiger partial charge in [-0.1, -0.05) is 12.8 Å². The summed E-state index contributed by atoms with van der Waals surface area (Å²) in [5.41, 5.74) is -0.516. The number of rotatable bonds is 1. The minimum Gasteiger partial charge on any atom is -0.389 e. The second-order valence-electron chi connectivity index (χ2n) is 6.27. The first-order chi connectivity index (χ1) is 8.69. The van der Waals surface area contributed by atoms with Gasteiger partial charge in [-0.3, -0.25) is 4.79 Å². The summed E-state index contributed by atoms with van der Waals surface area (Å²) in [4.78, 5) is 14.4. The summed E-state index contributed by atoms with van der Waals surface area (Å²) >= 11 is 0. The van der Waals surface area contributed by atoms with E-state index < -0.39 is 5.60 Å². The molecule has 1 saturated carbocycles. The van der Waals surface area contributed by atoms with Gasteiger partial charge in [-0.2, -0.15) is 0 Å². The number of hydrogen-bond donors (Lipinski definition) is 2. The summed E-state index contributed by atoms with van der Waals surface area (Å²) in [7, 11) is 0. The van der Waals surface area contributed by atoms with Crippen molar-refractivity contribution in [1.82, 2.24) is 10.2 Å². The molecule has 102 valence electrons. The highest BCUT2D eigenvalue weighted by Crippen LogP contribution is 2.35. The number of aliphatic hydroxyl groups is 1. The summed E-state index contributed by atoms with van der Waals surface area (Å²) < 4.78 is 0. The Morgan fingerprint density at radius 2 is 2.06 bits per heavy atom. The van der Waals surface area contributed by atoms with E-state index in [9.17, 15) is 9.90 Å². The molecule has 0 spiro atoms. The fourth-order valence-corrected chi connectivity index (χ4v) is 3.86. The van der Waals surface area contributed by atoms with Crippen LogP contribution in [0.25, 0.3) is 0 Å². The number of piperidine rings is 2. The van der Waals surface area contributed by atoms with Gasteiger partial charge in [0, 0.05) is 31.5 Å². The number of carbonyl (C=O) groups is 1. The van der Waals surface area contributed by atoms with E-state index in [1.54, 1.807) is 0 Å². The molecular weight excluding hydrogens is 228 g/mol. The molecule has 2 atom stereocenters. The van der Waals surface area contributed by atoms with Crippen molar-refractivity contribution in [1.29, 1.82) is 0 Å². The fraction of sp³-hybridized carbons (Fsp3) is 0.929. The Kier molecular flexibility index (Phi) is 3.32. The van der Waals surface area contributed by atoms with E-state index >= 15 is 0 Å². The Morgan fingerprint density at radius 3 is 2.83 bits per heavy atom. The molecule has 18 heavy (non-hydrogen) atoms. The van der Waals surface area contributed by atoms with Gasteiger partial charge in [0.15, 0.2) is 0 Å². The van der Waals surface area contributed by atoms with Crippen LogP contribution >= 0.6 is 0 Å². The van der Waals surface area contributed by atoms with Crippen LogP contribution in [0.5, 0.6) is 0 Å². The maximum absolute atomic E-state index is 12.4. The number of amides is 1. The van der Waals surface area contributed by atoms with Crippen molar-refractivity contribution in [2.24, 2.45) is 11.8 Å². The van der Waals surface area contributed by atoms with Gasteiger partial charge in [-0.15, -0.1) is 0 Å². The second kappa shape index (κ2) is 4.82. The minimum absolute atomic E-state index is 0.227. The van der Waals surface area contributed by atoms with E-state index in [-0.39, 0.29) is 11.8 Å².